The number of aliphatic hydroxyl groups is 1. The highest BCUT2D eigenvalue weighted by atomic mass is 19.1. The first-order valence-electron chi connectivity index (χ1n) is 7.90. The molecule has 1 aromatic heterocycles. The summed E-state index contributed by atoms with van der Waals surface area (Å²) in [6.45, 7) is 5.67. The van der Waals surface area contributed by atoms with E-state index in [9.17, 15) is 14.3 Å². The molecule has 1 heterocycles. The molecular formula is C17H23FN4O2. The van der Waals surface area contributed by atoms with Crippen molar-refractivity contribution >= 4 is 11.7 Å². The first kappa shape index (κ1) is 17.9. The first-order valence-corrected chi connectivity index (χ1v) is 7.90. The minimum absolute atomic E-state index is 0.0339. The van der Waals surface area contributed by atoms with Crippen LogP contribution in [0.3, 0.4) is 0 Å². The fraction of sp³-hybridized carbons (Fsp3) is 0.412. The average molecular weight is 334 g/mol. The Hall–Kier alpha value is -2.41. The summed E-state index contributed by atoms with van der Waals surface area (Å²) < 4.78 is 15.1. The standard InChI is InChI=1S/C17H23FN4O2/c1-4-12(2)17(3,24)11-19-16(23)21-14-10-13(18)6-7-15(14)22-9-5-8-20-22/h5-10,12,24H,4,11H2,1-3H3,(H2,19,21,23). The number of nitrogens with one attached hydrogen (secondary N) is 2. The van der Waals surface area contributed by atoms with Gasteiger partial charge in [0.2, 0.25) is 0 Å². The van der Waals surface area contributed by atoms with Crippen molar-refractivity contribution in [3.8, 4) is 5.69 Å². The van der Waals surface area contributed by atoms with Crippen LogP contribution in [-0.4, -0.2) is 33.1 Å². The third kappa shape index (κ3) is 4.32. The molecule has 0 aliphatic heterocycles. The number of amides is 2. The largest absolute Gasteiger partial charge is 0.388 e. The van der Waals surface area contributed by atoms with Gasteiger partial charge in [-0.25, -0.2) is 13.9 Å². The second kappa shape index (κ2) is 7.44. The molecule has 2 rings (SSSR count). The molecular weight excluding hydrogens is 311 g/mol. The van der Waals surface area contributed by atoms with E-state index < -0.39 is 17.4 Å². The van der Waals surface area contributed by atoms with Crippen molar-refractivity contribution in [3.63, 3.8) is 0 Å². The molecule has 1 aromatic carbocycles. The number of nitrogens with zero attached hydrogens (tertiary/aromatic N) is 2. The highest BCUT2D eigenvalue weighted by molar-refractivity contribution is 5.91. The Bertz CT molecular complexity index is 686. The molecule has 2 atom stereocenters. The number of aromatic nitrogens is 2. The van der Waals surface area contributed by atoms with Crippen LogP contribution in [-0.2, 0) is 0 Å². The number of rotatable bonds is 6. The van der Waals surface area contributed by atoms with E-state index in [1.165, 1.54) is 22.9 Å². The Labute approximate surface area is 140 Å². The lowest BCUT2D eigenvalue weighted by molar-refractivity contribution is 0.00827. The van der Waals surface area contributed by atoms with Crippen molar-refractivity contribution in [2.45, 2.75) is 32.8 Å². The second-order valence-corrected chi connectivity index (χ2v) is 6.09. The number of halogens is 1. The topological polar surface area (TPSA) is 79.2 Å². The van der Waals surface area contributed by atoms with Gasteiger partial charge in [0, 0.05) is 18.9 Å². The van der Waals surface area contributed by atoms with Gasteiger partial charge in [-0.15, -0.1) is 0 Å². The summed E-state index contributed by atoms with van der Waals surface area (Å²) in [6, 6.07) is 5.28. The van der Waals surface area contributed by atoms with Crippen molar-refractivity contribution in [3.05, 3.63) is 42.5 Å². The summed E-state index contributed by atoms with van der Waals surface area (Å²) in [6.07, 6.45) is 4.09. The molecule has 0 spiro atoms. The van der Waals surface area contributed by atoms with Crippen LogP contribution in [0, 0.1) is 11.7 Å². The zero-order chi connectivity index (χ0) is 17.7. The van der Waals surface area contributed by atoms with Gasteiger partial charge in [0.15, 0.2) is 0 Å². The number of benzene rings is 1. The van der Waals surface area contributed by atoms with Gasteiger partial charge < -0.3 is 15.7 Å². The third-order valence-corrected chi connectivity index (χ3v) is 4.24. The van der Waals surface area contributed by atoms with Gasteiger partial charge in [-0.2, -0.15) is 5.10 Å². The highest BCUT2D eigenvalue weighted by Crippen LogP contribution is 2.21. The lowest BCUT2D eigenvalue weighted by Crippen LogP contribution is -2.46. The fourth-order valence-corrected chi connectivity index (χ4v) is 2.26. The van der Waals surface area contributed by atoms with Crippen LogP contribution in [0.1, 0.15) is 27.2 Å². The smallest absolute Gasteiger partial charge is 0.319 e. The minimum atomic E-state index is -1.02. The molecule has 6 nitrogen and oxygen atoms in total. The number of carbonyl (C=O) groups is 1. The van der Waals surface area contributed by atoms with E-state index in [1.807, 2.05) is 13.8 Å². The molecule has 0 radical (unpaired) electrons. The monoisotopic (exact) mass is 334 g/mol. The molecule has 7 heteroatoms. The number of hydrogen-bond acceptors (Lipinski definition) is 3. The second-order valence-electron chi connectivity index (χ2n) is 6.09. The lowest BCUT2D eigenvalue weighted by atomic mass is 9.89. The van der Waals surface area contributed by atoms with E-state index in [0.717, 1.165) is 6.42 Å². The summed E-state index contributed by atoms with van der Waals surface area (Å²) in [5, 5.41) is 19.7. The Kier molecular flexibility index (Phi) is 5.56. The number of urea groups is 1. The van der Waals surface area contributed by atoms with Crippen LogP contribution in [0.15, 0.2) is 36.7 Å². The number of anilines is 1. The minimum Gasteiger partial charge on any atom is -0.388 e. The maximum absolute atomic E-state index is 13.5. The number of carbonyl (C=O) groups excluding carboxylic acids is 1. The van der Waals surface area contributed by atoms with Crippen LogP contribution in [0.2, 0.25) is 0 Å². The number of hydrogen-bond donors (Lipinski definition) is 3. The molecule has 0 saturated heterocycles. The van der Waals surface area contributed by atoms with E-state index in [1.54, 1.807) is 25.4 Å². The van der Waals surface area contributed by atoms with Crippen molar-refractivity contribution in [1.29, 1.82) is 0 Å². The predicted molar refractivity (Wildman–Crippen MR) is 90.6 cm³/mol. The molecule has 0 bridgehead atoms. The van der Waals surface area contributed by atoms with E-state index >= 15 is 0 Å². The molecule has 0 saturated carbocycles. The SMILES string of the molecule is CCC(C)C(C)(O)CNC(=O)Nc1cc(F)ccc1-n1cccn1. The van der Waals surface area contributed by atoms with E-state index in [-0.39, 0.29) is 12.5 Å². The molecule has 3 N–H and O–H groups in total. The van der Waals surface area contributed by atoms with Crippen molar-refractivity contribution in [1.82, 2.24) is 15.1 Å². The summed E-state index contributed by atoms with van der Waals surface area (Å²) >= 11 is 0. The normalized spacial score (nSPS) is 14.7. The summed E-state index contributed by atoms with van der Waals surface area (Å²) in [5.41, 5.74) is -0.177. The van der Waals surface area contributed by atoms with Gasteiger partial charge in [0.1, 0.15) is 5.82 Å². The maximum Gasteiger partial charge on any atom is 0.319 e. The average Bonchev–Trinajstić information content (AvgIpc) is 3.06. The zero-order valence-electron chi connectivity index (χ0n) is 14.1. The van der Waals surface area contributed by atoms with Gasteiger partial charge in [-0.05, 0) is 37.1 Å². The van der Waals surface area contributed by atoms with Gasteiger partial charge in [-0.1, -0.05) is 20.3 Å². The van der Waals surface area contributed by atoms with Gasteiger partial charge in [-0.3, -0.25) is 0 Å². The molecule has 130 valence electrons. The van der Waals surface area contributed by atoms with E-state index in [4.69, 9.17) is 0 Å². The Balaban J connectivity index is 2.08. The summed E-state index contributed by atoms with van der Waals surface area (Å²) in [5.74, 6) is -0.431. The molecule has 2 amide bonds. The van der Waals surface area contributed by atoms with Crippen LogP contribution < -0.4 is 10.6 Å². The van der Waals surface area contributed by atoms with E-state index in [2.05, 4.69) is 15.7 Å². The third-order valence-electron chi connectivity index (χ3n) is 4.24. The molecule has 0 aliphatic rings. The quantitative estimate of drug-likeness (QED) is 0.760. The molecule has 0 fully saturated rings. The van der Waals surface area contributed by atoms with Crippen molar-refractivity contribution in [2.24, 2.45) is 5.92 Å². The van der Waals surface area contributed by atoms with Crippen molar-refractivity contribution in [2.75, 3.05) is 11.9 Å². The molecule has 2 aromatic rings. The summed E-state index contributed by atoms with van der Waals surface area (Å²) in [4.78, 5) is 12.1. The highest BCUT2D eigenvalue weighted by Gasteiger charge is 2.27. The van der Waals surface area contributed by atoms with Crippen LogP contribution in [0.5, 0.6) is 0 Å². The Morgan fingerprint density at radius 3 is 2.88 bits per heavy atom. The lowest BCUT2D eigenvalue weighted by Gasteiger charge is -2.29. The molecule has 2 unspecified atom stereocenters. The molecule has 24 heavy (non-hydrogen) atoms. The first-order chi connectivity index (χ1) is 11.3. The predicted octanol–water partition coefficient (Wildman–Crippen LogP) is 2.93. The Morgan fingerprint density at radius 2 is 2.25 bits per heavy atom. The van der Waals surface area contributed by atoms with Crippen LogP contribution >= 0.6 is 0 Å². The summed E-state index contributed by atoms with van der Waals surface area (Å²) in [7, 11) is 0. The van der Waals surface area contributed by atoms with E-state index in [0.29, 0.717) is 11.4 Å². The fourth-order valence-electron chi connectivity index (χ4n) is 2.26. The van der Waals surface area contributed by atoms with Gasteiger partial charge in [0.25, 0.3) is 0 Å². The Morgan fingerprint density at radius 1 is 1.50 bits per heavy atom. The maximum atomic E-state index is 13.5. The van der Waals surface area contributed by atoms with Gasteiger partial charge >= 0.3 is 6.03 Å². The molecule has 0 aliphatic carbocycles. The van der Waals surface area contributed by atoms with Crippen LogP contribution in [0.4, 0.5) is 14.9 Å². The van der Waals surface area contributed by atoms with Gasteiger partial charge in [0.05, 0.1) is 17.0 Å². The van der Waals surface area contributed by atoms with Crippen molar-refractivity contribution < 1.29 is 14.3 Å². The zero-order valence-corrected chi connectivity index (χ0v) is 14.1. The van der Waals surface area contributed by atoms with Crippen LogP contribution in [0.25, 0.3) is 5.69 Å².